The summed E-state index contributed by atoms with van der Waals surface area (Å²) >= 11 is 0. The maximum atomic E-state index is 11.1. The molecule has 5 heteroatoms. The Kier molecular flexibility index (Phi) is 5.74. The standard InChI is InChI=1S/C15H27N3O2/c1-7-18-13(6)15(11(4)16-18)12(5)17(8-10(2)3)9-14(19)20/h10,12H,7-9H2,1-6H3,(H,19,20). The van der Waals surface area contributed by atoms with Crippen molar-refractivity contribution in [1.29, 1.82) is 0 Å². The topological polar surface area (TPSA) is 58.4 Å². The van der Waals surface area contributed by atoms with Gasteiger partial charge in [0.1, 0.15) is 0 Å². The first-order valence-corrected chi connectivity index (χ1v) is 7.27. The summed E-state index contributed by atoms with van der Waals surface area (Å²) in [4.78, 5) is 13.1. The largest absolute Gasteiger partial charge is 0.480 e. The van der Waals surface area contributed by atoms with Gasteiger partial charge in [-0.1, -0.05) is 13.8 Å². The third-order valence-corrected chi connectivity index (χ3v) is 3.64. The van der Waals surface area contributed by atoms with E-state index >= 15 is 0 Å². The van der Waals surface area contributed by atoms with E-state index in [1.807, 2.05) is 16.5 Å². The fourth-order valence-corrected chi connectivity index (χ4v) is 2.81. The van der Waals surface area contributed by atoms with E-state index in [0.717, 1.165) is 30.0 Å². The van der Waals surface area contributed by atoms with Crippen LogP contribution in [0.2, 0.25) is 0 Å². The Hall–Kier alpha value is -1.36. The Bertz CT molecular complexity index is 466. The summed E-state index contributed by atoms with van der Waals surface area (Å²) in [6.07, 6.45) is 0. The van der Waals surface area contributed by atoms with Gasteiger partial charge in [-0.15, -0.1) is 0 Å². The van der Waals surface area contributed by atoms with Gasteiger partial charge in [0, 0.05) is 30.4 Å². The highest BCUT2D eigenvalue weighted by atomic mass is 16.4. The van der Waals surface area contributed by atoms with Crippen molar-refractivity contribution in [1.82, 2.24) is 14.7 Å². The van der Waals surface area contributed by atoms with E-state index in [-0.39, 0.29) is 12.6 Å². The molecular formula is C15H27N3O2. The first kappa shape index (κ1) is 16.7. The molecule has 0 fully saturated rings. The molecular weight excluding hydrogens is 254 g/mol. The molecule has 1 atom stereocenters. The van der Waals surface area contributed by atoms with Gasteiger partial charge in [0.25, 0.3) is 0 Å². The van der Waals surface area contributed by atoms with Crippen molar-refractivity contribution in [3.05, 3.63) is 17.0 Å². The average Bonchev–Trinajstić information content (AvgIpc) is 2.61. The molecule has 114 valence electrons. The minimum Gasteiger partial charge on any atom is -0.480 e. The van der Waals surface area contributed by atoms with Crippen molar-refractivity contribution in [3.63, 3.8) is 0 Å². The van der Waals surface area contributed by atoms with Crippen LogP contribution < -0.4 is 0 Å². The first-order chi connectivity index (χ1) is 9.27. The summed E-state index contributed by atoms with van der Waals surface area (Å²) in [6.45, 7) is 14.1. The molecule has 1 aromatic rings. The third kappa shape index (κ3) is 3.82. The van der Waals surface area contributed by atoms with Gasteiger partial charge >= 0.3 is 5.97 Å². The van der Waals surface area contributed by atoms with Crippen LogP contribution in [0.15, 0.2) is 0 Å². The summed E-state index contributed by atoms with van der Waals surface area (Å²) < 4.78 is 1.98. The van der Waals surface area contributed by atoms with Gasteiger partial charge in [-0.2, -0.15) is 5.10 Å². The summed E-state index contributed by atoms with van der Waals surface area (Å²) in [6, 6.07) is 0.0637. The smallest absolute Gasteiger partial charge is 0.317 e. The van der Waals surface area contributed by atoms with Gasteiger partial charge in [0.05, 0.1) is 12.2 Å². The van der Waals surface area contributed by atoms with Crippen LogP contribution >= 0.6 is 0 Å². The van der Waals surface area contributed by atoms with Crippen LogP contribution in [-0.4, -0.2) is 38.8 Å². The Balaban J connectivity index is 3.07. The van der Waals surface area contributed by atoms with E-state index in [1.165, 1.54) is 0 Å². The number of aromatic nitrogens is 2. The molecule has 0 saturated carbocycles. The van der Waals surface area contributed by atoms with E-state index in [1.54, 1.807) is 0 Å². The molecule has 0 aliphatic carbocycles. The molecule has 0 spiro atoms. The van der Waals surface area contributed by atoms with Crippen molar-refractivity contribution in [2.45, 2.75) is 54.1 Å². The number of nitrogens with zero attached hydrogens (tertiary/aromatic N) is 3. The molecule has 0 radical (unpaired) electrons. The molecule has 0 saturated heterocycles. The molecule has 0 amide bonds. The number of aryl methyl sites for hydroxylation is 2. The molecule has 0 aromatic carbocycles. The number of aliphatic carboxylic acids is 1. The van der Waals surface area contributed by atoms with E-state index in [9.17, 15) is 4.79 Å². The van der Waals surface area contributed by atoms with Gasteiger partial charge in [-0.05, 0) is 33.6 Å². The first-order valence-electron chi connectivity index (χ1n) is 7.27. The molecule has 0 aliphatic heterocycles. The summed E-state index contributed by atoms with van der Waals surface area (Å²) in [5.41, 5.74) is 3.29. The van der Waals surface area contributed by atoms with Crippen molar-refractivity contribution < 1.29 is 9.90 Å². The maximum absolute atomic E-state index is 11.1. The van der Waals surface area contributed by atoms with Crippen LogP contribution in [-0.2, 0) is 11.3 Å². The second-order valence-corrected chi connectivity index (χ2v) is 5.79. The van der Waals surface area contributed by atoms with Crippen molar-refractivity contribution in [2.75, 3.05) is 13.1 Å². The van der Waals surface area contributed by atoms with Crippen LogP contribution in [0.3, 0.4) is 0 Å². The zero-order valence-corrected chi connectivity index (χ0v) is 13.5. The SMILES string of the molecule is CCn1nc(C)c(C(C)N(CC(=O)O)CC(C)C)c1C. The second kappa shape index (κ2) is 6.88. The molecule has 1 rings (SSSR count). The number of carboxylic acids is 1. The Labute approximate surface area is 121 Å². The van der Waals surface area contributed by atoms with Crippen LogP contribution in [0.25, 0.3) is 0 Å². The number of carboxylic acid groups (broad SMARTS) is 1. The van der Waals surface area contributed by atoms with Crippen LogP contribution in [0.4, 0.5) is 0 Å². The molecule has 0 bridgehead atoms. The van der Waals surface area contributed by atoms with Crippen LogP contribution in [0.1, 0.15) is 50.7 Å². The van der Waals surface area contributed by atoms with E-state index in [0.29, 0.717) is 5.92 Å². The Morgan fingerprint density at radius 1 is 1.35 bits per heavy atom. The summed E-state index contributed by atoms with van der Waals surface area (Å²) in [5, 5.41) is 13.7. The highest BCUT2D eigenvalue weighted by molar-refractivity contribution is 5.69. The Morgan fingerprint density at radius 2 is 1.95 bits per heavy atom. The summed E-state index contributed by atoms with van der Waals surface area (Å²) in [5.74, 6) is -0.352. The van der Waals surface area contributed by atoms with Gasteiger partial charge in [0.2, 0.25) is 0 Å². The number of carbonyl (C=O) groups is 1. The average molecular weight is 281 g/mol. The number of hydrogen-bond donors (Lipinski definition) is 1. The lowest BCUT2D eigenvalue weighted by molar-refractivity contribution is -0.139. The molecule has 0 aliphatic rings. The van der Waals surface area contributed by atoms with Crippen LogP contribution in [0.5, 0.6) is 0 Å². The second-order valence-electron chi connectivity index (χ2n) is 5.79. The van der Waals surface area contributed by atoms with Crippen molar-refractivity contribution >= 4 is 5.97 Å². The molecule has 5 nitrogen and oxygen atoms in total. The van der Waals surface area contributed by atoms with Gasteiger partial charge < -0.3 is 5.11 Å². The fourth-order valence-electron chi connectivity index (χ4n) is 2.81. The van der Waals surface area contributed by atoms with Gasteiger partial charge in [0.15, 0.2) is 0 Å². The van der Waals surface area contributed by atoms with Crippen molar-refractivity contribution in [2.24, 2.45) is 5.92 Å². The lowest BCUT2D eigenvalue weighted by Crippen LogP contribution is -2.35. The lowest BCUT2D eigenvalue weighted by atomic mass is 10.0. The molecule has 1 aromatic heterocycles. The predicted molar refractivity (Wildman–Crippen MR) is 79.8 cm³/mol. The predicted octanol–water partition coefficient (Wildman–Crippen LogP) is 2.62. The number of hydrogen-bond acceptors (Lipinski definition) is 3. The highest BCUT2D eigenvalue weighted by Crippen LogP contribution is 2.27. The fraction of sp³-hybridized carbons (Fsp3) is 0.733. The lowest BCUT2D eigenvalue weighted by Gasteiger charge is -2.29. The van der Waals surface area contributed by atoms with E-state index in [4.69, 9.17) is 5.11 Å². The minimum atomic E-state index is -0.782. The van der Waals surface area contributed by atoms with Gasteiger partial charge in [-0.25, -0.2) is 0 Å². The third-order valence-electron chi connectivity index (χ3n) is 3.64. The highest BCUT2D eigenvalue weighted by Gasteiger charge is 2.24. The molecule has 20 heavy (non-hydrogen) atoms. The quantitative estimate of drug-likeness (QED) is 0.834. The monoisotopic (exact) mass is 281 g/mol. The molecule has 1 N–H and O–H groups in total. The van der Waals surface area contributed by atoms with E-state index < -0.39 is 5.97 Å². The number of rotatable bonds is 7. The van der Waals surface area contributed by atoms with E-state index in [2.05, 4.69) is 39.7 Å². The zero-order valence-electron chi connectivity index (χ0n) is 13.5. The van der Waals surface area contributed by atoms with Crippen molar-refractivity contribution in [3.8, 4) is 0 Å². The molecule has 1 unspecified atom stereocenters. The zero-order chi connectivity index (χ0) is 15.4. The maximum Gasteiger partial charge on any atom is 0.317 e. The molecule has 1 heterocycles. The normalized spacial score (nSPS) is 13.2. The summed E-state index contributed by atoms with van der Waals surface area (Å²) in [7, 11) is 0. The van der Waals surface area contributed by atoms with Gasteiger partial charge in [-0.3, -0.25) is 14.4 Å². The minimum absolute atomic E-state index is 0.0637. The van der Waals surface area contributed by atoms with Crippen LogP contribution in [0, 0.1) is 19.8 Å². The Morgan fingerprint density at radius 3 is 2.35 bits per heavy atom.